The molecule has 1 rings (SSSR count). The van der Waals surface area contributed by atoms with Crippen LogP contribution >= 0.6 is 15.9 Å². The summed E-state index contributed by atoms with van der Waals surface area (Å²) in [5.74, 6) is -0.191. The Labute approximate surface area is 116 Å². The molecule has 0 aromatic heterocycles. The van der Waals surface area contributed by atoms with E-state index in [0.717, 1.165) is 17.6 Å². The maximum Gasteiger partial charge on any atom is 0.128 e. The molecule has 1 aromatic rings. The minimum absolute atomic E-state index is 0.191. The van der Waals surface area contributed by atoms with Crippen LogP contribution in [0, 0.1) is 5.82 Å². The zero-order valence-electron chi connectivity index (χ0n) is 10.8. The van der Waals surface area contributed by atoms with Gasteiger partial charge in [-0.25, -0.2) is 4.39 Å². The number of benzene rings is 1. The van der Waals surface area contributed by atoms with E-state index >= 15 is 0 Å². The summed E-state index contributed by atoms with van der Waals surface area (Å²) in [4.78, 5) is 2.11. The molecule has 0 bridgehead atoms. The van der Waals surface area contributed by atoms with Crippen molar-refractivity contribution >= 4 is 15.9 Å². The zero-order chi connectivity index (χ0) is 13.4. The van der Waals surface area contributed by atoms with Crippen molar-refractivity contribution in [2.45, 2.75) is 6.54 Å². The lowest BCUT2D eigenvalue weighted by molar-refractivity contribution is 0.109. The van der Waals surface area contributed by atoms with Crippen molar-refractivity contribution in [2.75, 3.05) is 40.5 Å². The summed E-state index contributed by atoms with van der Waals surface area (Å²) in [6.07, 6.45) is 0. The molecule has 0 unspecified atom stereocenters. The van der Waals surface area contributed by atoms with E-state index in [2.05, 4.69) is 20.8 Å². The van der Waals surface area contributed by atoms with Crippen molar-refractivity contribution in [3.8, 4) is 0 Å². The van der Waals surface area contributed by atoms with E-state index in [1.54, 1.807) is 20.3 Å². The monoisotopic (exact) mass is 319 g/mol. The third-order valence-corrected chi connectivity index (χ3v) is 3.13. The van der Waals surface area contributed by atoms with Gasteiger partial charge < -0.3 is 9.47 Å². The lowest BCUT2D eigenvalue weighted by Crippen LogP contribution is -2.30. The molecule has 0 saturated heterocycles. The SMILES string of the molecule is COCCN(CCOC)Cc1ccc(Br)cc1F. The van der Waals surface area contributed by atoms with Gasteiger partial charge in [0, 0.05) is 43.9 Å². The van der Waals surface area contributed by atoms with Crippen molar-refractivity contribution in [3.63, 3.8) is 0 Å². The number of rotatable bonds is 8. The van der Waals surface area contributed by atoms with Crippen LogP contribution in [0.15, 0.2) is 22.7 Å². The van der Waals surface area contributed by atoms with E-state index in [0.29, 0.717) is 25.3 Å². The van der Waals surface area contributed by atoms with Gasteiger partial charge in [-0.1, -0.05) is 22.0 Å². The van der Waals surface area contributed by atoms with Gasteiger partial charge in [-0.05, 0) is 12.1 Å². The molecule has 1 aromatic carbocycles. The normalized spacial score (nSPS) is 11.2. The lowest BCUT2D eigenvalue weighted by Gasteiger charge is -2.21. The fourth-order valence-electron chi connectivity index (χ4n) is 1.60. The molecule has 0 aliphatic rings. The second-order valence-electron chi connectivity index (χ2n) is 4.00. The van der Waals surface area contributed by atoms with Crippen LogP contribution in [0.3, 0.4) is 0 Å². The Morgan fingerprint density at radius 2 is 1.78 bits per heavy atom. The van der Waals surface area contributed by atoms with Crippen LogP contribution in [-0.2, 0) is 16.0 Å². The molecule has 0 amide bonds. The average molecular weight is 320 g/mol. The van der Waals surface area contributed by atoms with Crippen LogP contribution in [0.25, 0.3) is 0 Å². The van der Waals surface area contributed by atoms with Gasteiger partial charge in [0.2, 0.25) is 0 Å². The summed E-state index contributed by atoms with van der Waals surface area (Å²) < 4.78 is 24.6. The highest BCUT2D eigenvalue weighted by molar-refractivity contribution is 9.10. The predicted octanol–water partition coefficient (Wildman–Crippen LogP) is 2.68. The molecule has 102 valence electrons. The van der Waals surface area contributed by atoms with E-state index in [1.165, 1.54) is 6.07 Å². The van der Waals surface area contributed by atoms with Gasteiger partial charge in [-0.15, -0.1) is 0 Å². The summed E-state index contributed by atoms with van der Waals surface area (Å²) in [6, 6.07) is 5.13. The van der Waals surface area contributed by atoms with Crippen LogP contribution in [0.5, 0.6) is 0 Å². The summed E-state index contributed by atoms with van der Waals surface area (Å²) >= 11 is 3.25. The van der Waals surface area contributed by atoms with E-state index < -0.39 is 0 Å². The van der Waals surface area contributed by atoms with E-state index in [1.807, 2.05) is 6.07 Å². The maximum atomic E-state index is 13.7. The van der Waals surface area contributed by atoms with Crippen LogP contribution in [0.1, 0.15) is 5.56 Å². The molecule has 0 atom stereocenters. The quantitative estimate of drug-likeness (QED) is 0.735. The van der Waals surface area contributed by atoms with Gasteiger partial charge in [0.05, 0.1) is 13.2 Å². The average Bonchev–Trinajstić information content (AvgIpc) is 2.35. The number of ether oxygens (including phenoxy) is 2. The number of halogens is 2. The maximum absolute atomic E-state index is 13.7. The smallest absolute Gasteiger partial charge is 0.128 e. The molecule has 5 heteroatoms. The Balaban J connectivity index is 2.62. The Morgan fingerprint density at radius 1 is 1.17 bits per heavy atom. The Hall–Kier alpha value is -0.490. The summed E-state index contributed by atoms with van der Waals surface area (Å²) in [7, 11) is 3.32. The van der Waals surface area contributed by atoms with Gasteiger partial charge >= 0.3 is 0 Å². The molecule has 3 nitrogen and oxygen atoms in total. The van der Waals surface area contributed by atoms with Gasteiger partial charge in [-0.3, -0.25) is 4.90 Å². The Morgan fingerprint density at radius 3 is 2.28 bits per heavy atom. The second-order valence-corrected chi connectivity index (χ2v) is 4.91. The minimum atomic E-state index is -0.191. The molecule has 0 heterocycles. The van der Waals surface area contributed by atoms with Crippen LogP contribution in [0.4, 0.5) is 4.39 Å². The molecule has 0 aliphatic heterocycles. The third kappa shape index (κ3) is 5.44. The topological polar surface area (TPSA) is 21.7 Å². The predicted molar refractivity (Wildman–Crippen MR) is 73.1 cm³/mol. The van der Waals surface area contributed by atoms with Crippen LogP contribution in [0.2, 0.25) is 0 Å². The Bertz CT molecular complexity index is 355. The molecule has 0 fully saturated rings. The molecule has 0 N–H and O–H groups in total. The van der Waals surface area contributed by atoms with Gasteiger partial charge in [0.1, 0.15) is 5.82 Å². The summed E-state index contributed by atoms with van der Waals surface area (Å²) in [5, 5.41) is 0. The van der Waals surface area contributed by atoms with Crippen molar-refractivity contribution in [1.82, 2.24) is 4.90 Å². The van der Waals surface area contributed by atoms with Crippen molar-refractivity contribution in [1.29, 1.82) is 0 Å². The fourth-order valence-corrected chi connectivity index (χ4v) is 1.93. The molecule has 0 radical (unpaired) electrons. The highest BCUT2D eigenvalue weighted by Crippen LogP contribution is 2.16. The highest BCUT2D eigenvalue weighted by atomic mass is 79.9. The number of nitrogens with zero attached hydrogens (tertiary/aromatic N) is 1. The van der Waals surface area contributed by atoms with Gasteiger partial charge in [-0.2, -0.15) is 0 Å². The van der Waals surface area contributed by atoms with Crippen molar-refractivity contribution < 1.29 is 13.9 Å². The van der Waals surface area contributed by atoms with Crippen LogP contribution in [-0.4, -0.2) is 45.4 Å². The standard InChI is InChI=1S/C13H19BrFNO2/c1-17-7-5-16(6-8-18-2)10-11-3-4-12(14)9-13(11)15/h3-4,9H,5-8,10H2,1-2H3. The first-order chi connectivity index (χ1) is 8.67. The van der Waals surface area contributed by atoms with Crippen molar-refractivity contribution in [2.24, 2.45) is 0 Å². The second kappa shape index (κ2) is 8.58. The zero-order valence-corrected chi connectivity index (χ0v) is 12.4. The molecule has 0 spiro atoms. The van der Waals surface area contributed by atoms with E-state index in [4.69, 9.17) is 9.47 Å². The first-order valence-corrected chi connectivity index (χ1v) is 6.61. The molecular formula is C13H19BrFNO2. The molecular weight excluding hydrogens is 301 g/mol. The van der Waals surface area contributed by atoms with Gasteiger partial charge in [0.25, 0.3) is 0 Å². The van der Waals surface area contributed by atoms with E-state index in [-0.39, 0.29) is 5.82 Å². The largest absolute Gasteiger partial charge is 0.383 e. The van der Waals surface area contributed by atoms with Gasteiger partial charge in [0.15, 0.2) is 0 Å². The highest BCUT2D eigenvalue weighted by Gasteiger charge is 2.09. The molecule has 0 saturated carbocycles. The van der Waals surface area contributed by atoms with E-state index in [9.17, 15) is 4.39 Å². The first-order valence-electron chi connectivity index (χ1n) is 5.81. The minimum Gasteiger partial charge on any atom is -0.383 e. The number of hydrogen-bond acceptors (Lipinski definition) is 3. The molecule has 18 heavy (non-hydrogen) atoms. The van der Waals surface area contributed by atoms with Crippen LogP contribution < -0.4 is 0 Å². The lowest BCUT2D eigenvalue weighted by atomic mass is 10.2. The first kappa shape index (κ1) is 15.6. The summed E-state index contributed by atoms with van der Waals surface area (Å²) in [5.41, 5.74) is 0.686. The molecule has 0 aliphatic carbocycles. The number of hydrogen-bond donors (Lipinski definition) is 0. The fraction of sp³-hybridized carbons (Fsp3) is 0.538. The Kier molecular flexibility index (Phi) is 7.42. The third-order valence-electron chi connectivity index (χ3n) is 2.63. The summed E-state index contributed by atoms with van der Waals surface area (Å²) in [6.45, 7) is 3.33. The number of methoxy groups -OCH3 is 2. The van der Waals surface area contributed by atoms with Crippen molar-refractivity contribution in [3.05, 3.63) is 34.1 Å².